The smallest absolute Gasteiger partial charge is 0.0546 e. The van der Waals surface area contributed by atoms with Crippen molar-refractivity contribution in [3.05, 3.63) is 200 Å². The number of nitrogens with zero attached hydrogens (tertiary/aromatic N) is 1. The van der Waals surface area contributed by atoms with Gasteiger partial charge in [-0.25, -0.2) is 0 Å². The van der Waals surface area contributed by atoms with Gasteiger partial charge in [-0.1, -0.05) is 158 Å². The Morgan fingerprint density at radius 2 is 0.776 bits per heavy atom. The van der Waals surface area contributed by atoms with E-state index in [-0.39, 0.29) is 0 Å². The highest BCUT2D eigenvalue weighted by atomic mass is 15.1. The lowest BCUT2D eigenvalue weighted by Gasteiger charge is -2.29. The summed E-state index contributed by atoms with van der Waals surface area (Å²) in [5, 5.41) is 7.59. The normalized spacial score (nSPS) is 11.3. The summed E-state index contributed by atoms with van der Waals surface area (Å²) in [4.78, 5) is 2.39. The van der Waals surface area contributed by atoms with Crippen LogP contribution in [0.25, 0.3) is 65.7 Å². The zero-order valence-electron chi connectivity index (χ0n) is 27.0. The third-order valence-electron chi connectivity index (χ3n) is 9.62. The van der Waals surface area contributed by atoms with E-state index in [0.717, 1.165) is 17.1 Å². The third-order valence-corrected chi connectivity index (χ3v) is 9.62. The van der Waals surface area contributed by atoms with Crippen LogP contribution >= 0.6 is 0 Å². The summed E-state index contributed by atoms with van der Waals surface area (Å²) < 4.78 is 0. The van der Waals surface area contributed by atoms with Crippen molar-refractivity contribution in [3.63, 3.8) is 0 Å². The maximum absolute atomic E-state index is 2.39. The first-order valence-corrected chi connectivity index (χ1v) is 16.8. The second kappa shape index (κ2) is 12.3. The van der Waals surface area contributed by atoms with Gasteiger partial charge in [0.05, 0.1) is 5.69 Å². The Labute approximate surface area is 287 Å². The lowest BCUT2D eigenvalue weighted by Crippen LogP contribution is -2.11. The molecule has 0 atom stereocenters. The highest BCUT2D eigenvalue weighted by Gasteiger charge is 2.19. The molecule has 1 nitrogen and oxygen atoms in total. The van der Waals surface area contributed by atoms with Gasteiger partial charge in [-0.15, -0.1) is 0 Å². The van der Waals surface area contributed by atoms with Crippen molar-refractivity contribution in [2.45, 2.75) is 0 Å². The fourth-order valence-electron chi connectivity index (χ4n) is 7.13. The predicted molar refractivity (Wildman–Crippen MR) is 210 cm³/mol. The monoisotopic (exact) mass is 623 g/mol. The molecule has 0 saturated carbocycles. The topological polar surface area (TPSA) is 3.24 Å². The lowest BCUT2D eigenvalue weighted by molar-refractivity contribution is 1.28. The molecule has 0 aliphatic heterocycles. The number of para-hydroxylation sites is 1. The molecule has 0 radical (unpaired) electrons. The molecular formula is C48H33N. The van der Waals surface area contributed by atoms with Crippen molar-refractivity contribution >= 4 is 49.4 Å². The summed E-state index contributed by atoms with van der Waals surface area (Å²) in [5.74, 6) is 0. The average molecular weight is 624 g/mol. The van der Waals surface area contributed by atoms with Gasteiger partial charge in [0.25, 0.3) is 0 Å². The van der Waals surface area contributed by atoms with Crippen LogP contribution in [0.5, 0.6) is 0 Å². The third kappa shape index (κ3) is 5.42. The van der Waals surface area contributed by atoms with Crippen LogP contribution in [0.1, 0.15) is 0 Å². The second-order valence-electron chi connectivity index (χ2n) is 12.6. The van der Waals surface area contributed by atoms with Gasteiger partial charge >= 0.3 is 0 Å². The molecule has 0 fully saturated rings. The van der Waals surface area contributed by atoms with Crippen LogP contribution in [0.3, 0.4) is 0 Å². The molecule has 0 N–H and O–H groups in total. The van der Waals surface area contributed by atoms with E-state index >= 15 is 0 Å². The van der Waals surface area contributed by atoms with Crippen LogP contribution in [0.15, 0.2) is 200 Å². The summed E-state index contributed by atoms with van der Waals surface area (Å²) in [7, 11) is 0. The molecule has 9 aromatic carbocycles. The maximum Gasteiger partial charge on any atom is 0.0546 e. The molecule has 0 bridgehead atoms. The summed E-state index contributed by atoms with van der Waals surface area (Å²) in [6, 6.07) is 72.5. The minimum atomic E-state index is 1.11. The second-order valence-corrected chi connectivity index (χ2v) is 12.6. The van der Waals surface area contributed by atoms with Gasteiger partial charge < -0.3 is 4.90 Å². The van der Waals surface area contributed by atoms with Crippen molar-refractivity contribution in [1.29, 1.82) is 0 Å². The van der Waals surface area contributed by atoms with Crippen molar-refractivity contribution in [2.75, 3.05) is 4.90 Å². The van der Waals surface area contributed by atoms with E-state index in [1.54, 1.807) is 0 Å². The van der Waals surface area contributed by atoms with Gasteiger partial charge in [-0.05, 0) is 103 Å². The molecular weight excluding hydrogens is 591 g/mol. The maximum atomic E-state index is 2.39. The highest BCUT2D eigenvalue weighted by molar-refractivity contribution is 6.08. The van der Waals surface area contributed by atoms with E-state index in [0.29, 0.717) is 0 Å². The summed E-state index contributed by atoms with van der Waals surface area (Å²) in [6.45, 7) is 0. The van der Waals surface area contributed by atoms with Crippen LogP contribution < -0.4 is 4.90 Å². The molecule has 230 valence electrons. The van der Waals surface area contributed by atoms with Gasteiger partial charge in [-0.2, -0.15) is 0 Å². The van der Waals surface area contributed by atoms with Crippen molar-refractivity contribution in [1.82, 2.24) is 0 Å². The number of hydrogen-bond donors (Lipinski definition) is 0. The van der Waals surface area contributed by atoms with Crippen molar-refractivity contribution < 1.29 is 0 Å². The Morgan fingerprint density at radius 3 is 1.59 bits per heavy atom. The number of rotatable bonds is 6. The Bertz CT molecular complexity index is 2590. The van der Waals surface area contributed by atoms with Crippen LogP contribution in [0, 0.1) is 0 Å². The first-order valence-electron chi connectivity index (χ1n) is 16.8. The number of benzene rings is 9. The first-order chi connectivity index (χ1) is 24.3. The number of hydrogen-bond acceptors (Lipinski definition) is 1. The average Bonchev–Trinajstić information content (AvgIpc) is 3.18. The minimum absolute atomic E-state index is 1.11. The Hall–Kier alpha value is -6.44. The molecule has 49 heavy (non-hydrogen) atoms. The number of fused-ring (bicyclic) bond motifs is 4. The molecule has 0 aromatic heterocycles. The molecule has 9 rings (SSSR count). The zero-order valence-corrected chi connectivity index (χ0v) is 27.0. The van der Waals surface area contributed by atoms with Crippen molar-refractivity contribution in [3.8, 4) is 33.4 Å². The van der Waals surface area contributed by atoms with E-state index in [9.17, 15) is 0 Å². The molecule has 0 unspecified atom stereocenters. The Kier molecular flexibility index (Phi) is 7.22. The SMILES string of the molecule is c1ccc(-c2ccc(-c3ccc4ccccc4c3)cc2N(c2ccccc2)c2ccc(-c3ccc4c(ccc5ccccc54)c3)cc2)cc1. The van der Waals surface area contributed by atoms with Crippen LogP contribution in [-0.4, -0.2) is 0 Å². The van der Waals surface area contributed by atoms with Gasteiger partial charge in [0.15, 0.2) is 0 Å². The van der Waals surface area contributed by atoms with E-state index in [2.05, 4.69) is 205 Å². The van der Waals surface area contributed by atoms with Crippen molar-refractivity contribution in [2.24, 2.45) is 0 Å². The first kappa shape index (κ1) is 28.8. The summed E-state index contributed by atoms with van der Waals surface area (Å²) >= 11 is 0. The quantitative estimate of drug-likeness (QED) is 0.167. The molecule has 0 amide bonds. The fourth-order valence-corrected chi connectivity index (χ4v) is 7.13. The molecule has 1 heteroatoms. The Balaban J connectivity index is 1.18. The highest BCUT2D eigenvalue weighted by Crippen LogP contribution is 2.43. The number of anilines is 3. The molecule has 0 heterocycles. The zero-order chi connectivity index (χ0) is 32.6. The molecule has 9 aromatic rings. The van der Waals surface area contributed by atoms with Gasteiger partial charge in [-0.3, -0.25) is 0 Å². The lowest BCUT2D eigenvalue weighted by atomic mass is 9.95. The van der Waals surface area contributed by atoms with Crippen LogP contribution in [0.4, 0.5) is 17.1 Å². The predicted octanol–water partition coefficient (Wildman–Crippen LogP) is 13.6. The van der Waals surface area contributed by atoms with Gasteiger partial charge in [0, 0.05) is 16.9 Å². The largest absolute Gasteiger partial charge is 0.310 e. The van der Waals surface area contributed by atoms with E-state index < -0.39 is 0 Å². The Morgan fingerprint density at radius 1 is 0.265 bits per heavy atom. The van der Waals surface area contributed by atoms with E-state index in [1.165, 1.54) is 65.7 Å². The molecule has 0 spiro atoms. The van der Waals surface area contributed by atoms with Gasteiger partial charge in [0.1, 0.15) is 0 Å². The van der Waals surface area contributed by atoms with E-state index in [4.69, 9.17) is 0 Å². The van der Waals surface area contributed by atoms with E-state index in [1.807, 2.05) is 0 Å². The molecule has 0 aliphatic rings. The molecule has 0 aliphatic carbocycles. The molecule has 0 saturated heterocycles. The summed E-state index contributed by atoms with van der Waals surface area (Å²) in [5.41, 5.74) is 10.5. The summed E-state index contributed by atoms with van der Waals surface area (Å²) in [6.07, 6.45) is 0. The van der Waals surface area contributed by atoms with Crippen LogP contribution in [-0.2, 0) is 0 Å². The standard InChI is InChI=1S/C48H33N/c1-3-12-36(13-4-1)47-30-26-41(40-21-19-34-11-7-8-15-38(34)31-40)33-48(47)49(43-16-5-2-6-17-43)44-27-23-35(24-28-44)39-25-29-46-42(32-39)22-20-37-14-9-10-18-45(37)46/h1-33H. The van der Waals surface area contributed by atoms with Gasteiger partial charge in [0.2, 0.25) is 0 Å². The fraction of sp³-hybridized carbons (Fsp3) is 0. The minimum Gasteiger partial charge on any atom is -0.310 e. The van der Waals surface area contributed by atoms with Crippen LogP contribution in [0.2, 0.25) is 0 Å².